The van der Waals surface area contributed by atoms with E-state index in [2.05, 4.69) is 55.7 Å². The van der Waals surface area contributed by atoms with Crippen LogP contribution in [0.2, 0.25) is 0 Å². The summed E-state index contributed by atoms with van der Waals surface area (Å²) < 4.78 is 10.7. The van der Waals surface area contributed by atoms with Crippen LogP contribution in [0.4, 0.5) is 5.69 Å². The summed E-state index contributed by atoms with van der Waals surface area (Å²) in [4.78, 5) is 11.9. The quantitative estimate of drug-likeness (QED) is 0.655. The molecule has 0 aromatic heterocycles. The summed E-state index contributed by atoms with van der Waals surface area (Å²) in [5.41, 5.74) is 2.47. The minimum atomic E-state index is 0.00661. The summed E-state index contributed by atoms with van der Waals surface area (Å²) in [5, 5.41) is 6.14. The van der Waals surface area contributed by atoms with Crippen molar-refractivity contribution in [1.29, 1.82) is 0 Å². The van der Waals surface area contributed by atoms with Gasteiger partial charge >= 0.3 is 0 Å². The van der Waals surface area contributed by atoms with Crippen molar-refractivity contribution >= 4 is 11.6 Å². The lowest BCUT2D eigenvalue weighted by atomic mass is 9.87. The Morgan fingerprint density at radius 3 is 2.15 bits per heavy atom. The van der Waals surface area contributed by atoms with Gasteiger partial charge in [0.05, 0.1) is 13.7 Å². The van der Waals surface area contributed by atoms with Crippen molar-refractivity contribution in [1.82, 2.24) is 5.32 Å². The fourth-order valence-corrected chi connectivity index (χ4v) is 2.53. The molecule has 0 radical (unpaired) electrons. The van der Waals surface area contributed by atoms with Gasteiger partial charge in [-0.25, -0.2) is 0 Å². The van der Waals surface area contributed by atoms with Crippen LogP contribution in [0.5, 0.6) is 11.5 Å². The molecule has 0 unspecified atom stereocenters. The highest BCUT2D eigenvalue weighted by Gasteiger charge is 2.12. The van der Waals surface area contributed by atoms with E-state index in [-0.39, 0.29) is 11.3 Å². The van der Waals surface area contributed by atoms with Gasteiger partial charge in [-0.1, -0.05) is 32.9 Å². The zero-order chi connectivity index (χ0) is 19.7. The maximum Gasteiger partial charge on any atom is 0.221 e. The molecule has 0 atom stereocenters. The fourth-order valence-electron chi connectivity index (χ4n) is 2.53. The monoisotopic (exact) mass is 370 g/mol. The molecule has 5 nitrogen and oxygen atoms in total. The van der Waals surface area contributed by atoms with E-state index in [0.29, 0.717) is 26.1 Å². The topological polar surface area (TPSA) is 59.6 Å². The molecule has 1 amide bonds. The van der Waals surface area contributed by atoms with Crippen LogP contribution in [0.3, 0.4) is 0 Å². The van der Waals surface area contributed by atoms with E-state index in [9.17, 15) is 4.79 Å². The zero-order valence-electron chi connectivity index (χ0n) is 16.7. The number of hydrogen-bond donors (Lipinski definition) is 2. The second-order valence-corrected chi connectivity index (χ2v) is 7.38. The van der Waals surface area contributed by atoms with Crippen LogP contribution in [0.15, 0.2) is 48.5 Å². The third-order valence-electron chi connectivity index (χ3n) is 4.18. The smallest absolute Gasteiger partial charge is 0.221 e. The highest BCUT2D eigenvalue weighted by atomic mass is 16.5. The molecule has 0 bridgehead atoms. The zero-order valence-corrected chi connectivity index (χ0v) is 16.7. The molecule has 5 heteroatoms. The van der Waals surface area contributed by atoms with Crippen molar-refractivity contribution in [3.8, 4) is 11.5 Å². The number of anilines is 1. The molecule has 27 heavy (non-hydrogen) atoms. The van der Waals surface area contributed by atoms with E-state index in [1.165, 1.54) is 5.56 Å². The van der Waals surface area contributed by atoms with Gasteiger partial charge in [-0.15, -0.1) is 0 Å². The standard InChI is InChI=1S/C22H30N2O3/c1-22(2,3)17-5-7-18(8-6-17)23-14-13-21(25)24-15-16-27-20-11-9-19(26-4)10-12-20/h5-12,23H,13-16H2,1-4H3,(H,24,25). The second-order valence-electron chi connectivity index (χ2n) is 7.38. The summed E-state index contributed by atoms with van der Waals surface area (Å²) >= 11 is 0. The first-order chi connectivity index (χ1) is 12.9. The van der Waals surface area contributed by atoms with E-state index in [0.717, 1.165) is 17.2 Å². The lowest BCUT2D eigenvalue weighted by Gasteiger charge is -2.19. The Hall–Kier alpha value is -2.69. The van der Waals surface area contributed by atoms with Gasteiger partial charge < -0.3 is 20.1 Å². The lowest BCUT2D eigenvalue weighted by molar-refractivity contribution is -0.120. The van der Waals surface area contributed by atoms with Gasteiger partial charge in [0.15, 0.2) is 0 Å². The van der Waals surface area contributed by atoms with Crippen molar-refractivity contribution in [3.63, 3.8) is 0 Å². The van der Waals surface area contributed by atoms with Gasteiger partial charge in [0.25, 0.3) is 0 Å². The number of hydrogen-bond acceptors (Lipinski definition) is 4. The van der Waals surface area contributed by atoms with Crippen molar-refractivity contribution in [2.75, 3.05) is 32.1 Å². The number of nitrogens with one attached hydrogen (secondary N) is 2. The molecule has 0 spiro atoms. The molecule has 2 N–H and O–H groups in total. The second kappa shape index (κ2) is 9.86. The summed E-state index contributed by atoms with van der Waals surface area (Å²) in [7, 11) is 1.63. The summed E-state index contributed by atoms with van der Waals surface area (Å²) in [6, 6.07) is 15.7. The number of benzene rings is 2. The van der Waals surface area contributed by atoms with Crippen molar-refractivity contribution in [2.24, 2.45) is 0 Å². The van der Waals surface area contributed by atoms with E-state index in [1.54, 1.807) is 7.11 Å². The molecular formula is C22H30N2O3. The Balaban J connectivity index is 1.60. The van der Waals surface area contributed by atoms with Gasteiger partial charge in [0, 0.05) is 18.7 Å². The van der Waals surface area contributed by atoms with Crippen LogP contribution < -0.4 is 20.1 Å². The Morgan fingerprint density at radius 1 is 0.926 bits per heavy atom. The van der Waals surface area contributed by atoms with E-state index >= 15 is 0 Å². The fraction of sp³-hybridized carbons (Fsp3) is 0.409. The normalized spacial score (nSPS) is 11.0. The molecular weight excluding hydrogens is 340 g/mol. The molecule has 0 saturated carbocycles. The molecule has 0 saturated heterocycles. The van der Waals surface area contributed by atoms with E-state index < -0.39 is 0 Å². The number of carbonyl (C=O) groups excluding carboxylic acids is 1. The minimum absolute atomic E-state index is 0.00661. The average molecular weight is 370 g/mol. The molecule has 2 aromatic carbocycles. The Bertz CT molecular complexity index is 704. The summed E-state index contributed by atoms with van der Waals surface area (Å²) in [6.45, 7) is 8.08. The molecule has 0 fully saturated rings. The SMILES string of the molecule is COc1ccc(OCCNC(=O)CCNc2ccc(C(C)(C)C)cc2)cc1. The predicted octanol–water partition coefficient (Wildman–Crippen LogP) is 3.99. The average Bonchev–Trinajstić information content (AvgIpc) is 2.65. The molecule has 2 aromatic rings. The molecule has 0 aliphatic heterocycles. The number of ether oxygens (including phenoxy) is 2. The number of amides is 1. The Morgan fingerprint density at radius 2 is 1.56 bits per heavy atom. The third kappa shape index (κ3) is 7.21. The molecule has 146 valence electrons. The van der Waals surface area contributed by atoms with Crippen LogP contribution in [0.1, 0.15) is 32.8 Å². The van der Waals surface area contributed by atoms with Crippen LogP contribution in [0.25, 0.3) is 0 Å². The van der Waals surface area contributed by atoms with Gasteiger partial charge in [0.1, 0.15) is 18.1 Å². The maximum absolute atomic E-state index is 11.9. The third-order valence-corrected chi connectivity index (χ3v) is 4.18. The minimum Gasteiger partial charge on any atom is -0.497 e. The van der Waals surface area contributed by atoms with Gasteiger partial charge in [-0.3, -0.25) is 4.79 Å². The summed E-state index contributed by atoms with van der Waals surface area (Å²) in [5.74, 6) is 1.55. The van der Waals surface area contributed by atoms with Crippen molar-refractivity contribution in [3.05, 3.63) is 54.1 Å². The van der Waals surface area contributed by atoms with Crippen molar-refractivity contribution < 1.29 is 14.3 Å². The number of carbonyl (C=O) groups is 1. The Labute approximate surface area is 162 Å². The van der Waals surface area contributed by atoms with Crippen LogP contribution in [-0.4, -0.2) is 32.7 Å². The highest BCUT2D eigenvalue weighted by Crippen LogP contribution is 2.23. The molecule has 0 aliphatic rings. The first-order valence-corrected chi connectivity index (χ1v) is 9.26. The van der Waals surface area contributed by atoms with Crippen molar-refractivity contribution in [2.45, 2.75) is 32.6 Å². The van der Waals surface area contributed by atoms with Gasteiger partial charge in [-0.2, -0.15) is 0 Å². The van der Waals surface area contributed by atoms with Crippen LogP contribution >= 0.6 is 0 Å². The lowest BCUT2D eigenvalue weighted by Crippen LogP contribution is -2.29. The van der Waals surface area contributed by atoms with E-state index in [1.807, 2.05) is 24.3 Å². The highest BCUT2D eigenvalue weighted by molar-refractivity contribution is 5.76. The molecule has 0 heterocycles. The first kappa shape index (κ1) is 20.6. The molecule has 2 rings (SSSR count). The van der Waals surface area contributed by atoms with E-state index in [4.69, 9.17) is 9.47 Å². The van der Waals surface area contributed by atoms with Crippen LogP contribution in [0, 0.1) is 0 Å². The number of methoxy groups -OCH3 is 1. The molecule has 0 aliphatic carbocycles. The predicted molar refractivity (Wildman–Crippen MR) is 110 cm³/mol. The van der Waals surface area contributed by atoms with Crippen LogP contribution in [-0.2, 0) is 10.2 Å². The largest absolute Gasteiger partial charge is 0.497 e. The summed E-state index contributed by atoms with van der Waals surface area (Å²) in [6.07, 6.45) is 0.420. The Kier molecular flexibility index (Phi) is 7.53. The maximum atomic E-state index is 11.9. The van der Waals surface area contributed by atoms with Gasteiger partial charge in [0.2, 0.25) is 5.91 Å². The van der Waals surface area contributed by atoms with Gasteiger partial charge in [-0.05, 0) is 47.4 Å². The first-order valence-electron chi connectivity index (χ1n) is 9.26. The number of rotatable bonds is 9.